The predicted octanol–water partition coefficient (Wildman–Crippen LogP) is 2.93. The van der Waals surface area contributed by atoms with Crippen molar-refractivity contribution in [3.05, 3.63) is 70.9 Å². The van der Waals surface area contributed by atoms with Gasteiger partial charge in [0.15, 0.2) is 0 Å². The molecule has 2 N–H and O–H groups in total. The maximum absolute atomic E-state index is 12.9. The summed E-state index contributed by atoms with van der Waals surface area (Å²) in [7, 11) is 1.59. The summed E-state index contributed by atoms with van der Waals surface area (Å²) in [5.74, 6) is 0.267. The molecule has 0 aliphatic carbocycles. The third-order valence-corrected chi connectivity index (χ3v) is 5.43. The Balaban J connectivity index is 1.72. The van der Waals surface area contributed by atoms with Crippen molar-refractivity contribution in [2.75, 3.05) is 31.7 Å². The second-order valence-corrected chi connectivity index (χ2v) is 7.22. The highest BCUT2D eigenvalue weighted by Crippen LogP contribution is 2.32. The Morgan fingerprint density at radius 2 is 1.93 bits per heavy atom. The molecule has 1 atom stereocenters. The SMILES string of the molecule is CCOC(=O)C1=C(CN2CCc3ccccc32)NC(=O)N[C@@H]1c1ccc(OC)cc1. The summed E-state index contributed by atoms with van der Waals surface area (Å²) < 4.78 is 10.6. The Kier molecular flexibility index (Phi) is 5.61. The van der Waals surface area contributed by atoms with Crippen molar-refractivity contribution >= 4 is 17.7 Å². The van der Waals surface area contributed by atoms with Crippen molar-refractivity contribution < 1.29 is 19.1 Å². The lowest BCUT2D eigenvalue weighted by atomic mass is 9.95. The molecule has 0 spiro atoms. The number of amides is 2. The van der Waals surface area contributed by atoms with E-state index in [1.54, 1.807) is 14.0 Å². The number of nitrogens with one attached hydrogen (secondary N) is 2. The number of anilines is 1. The fraction of sp³-hybridized carbons (Fsp3) is 0.304. The molecule has 2 aromatic rings. The Hall–Kier alpha value is -3.48. The van der Waals surface area contributed by atoms with E-state index in [1.807, 2.05) is 36.4 Å². The van der Waals surface area contributed by atoms with Gasteiger partial charge in [-0.3, -0.25) is 0 Å². The third kappa shape index (κ3) is 3.83. The van der Waals surface area contributed by atoms with Gasteiger partial charge in [0.25, 0.3) is 0 Å². The van der Waals surface area contributed by atoms with Gasteiger partial charge in [-0.2, -0.15) is 0 Å². The summed E-state index contributed by atoms with van der Waals surface area (Å²) in [5.41, 5.74) is 4.17. The molecule has 0 aromatic heterocycles. The average Bonchev–Trinajstić information content (AvgIpc) is 3.16. The lowest BCUT2D eigenvalue weighted by Gasteiger charge is -2.31. The first kappa shape index (κ1) is 19.8. The van der Waals surface area contributed by atoms with Crippen LogP contribution in [-0.2, 0) is 16.0 Å². The molecule has 2 aromatic carbocycles. The number of para-hydroxylation sites is 1. The van der Waals surface area contributed by atoms with Crippen molar-refractivity contribution in [3.8, 4) is 5.75 Å². The second kappa shape index (κ2) is 8.49. The number of hydrogen-bond acceptors (Lipinski definition) is 5. The second-order valence-electron chi connectivity index (χ2n) is 7.22. The molecule has 2 heterocycles. The number of fused-ring (bicyclic) bond motifs is 1. The maximum Gasteiger partial charge on any atom is 0.338 e. The summed E-state index contributed by atoms with van der Waals surface area (Å²) in [6, 6.07) is 14.6. The molecular formula is C23H25N3O4. The number of methoxy groups -OCH3 is 1. The Labute approximate surface area is 175 Å². The number of carbonyl (C=O) groups excluding carboxylic acids is 2. The van der Waals surface area contributed by atoms with Crippen molar-refractivity contribution in [1.82, 2.24) is 10.6 Å². The molecule has 2 aliphatic rings. The first-order chi connectivity index (χ1) is 14.6. The molecule has 0 saturated heterocycles. The van der Waals surface area contributed by atoms with Gasteiger partial charge in [-0.15, -0.1) is 0 Å². The van der Waals surface area contributed by atoms with E-state index in [9.17, 15) is 9.59 Å². The minimum atomic E-state index is -0.600. The van der Waals surface area contributed by atoms with Crippen molar-refractivity contribution in [1.29, 1.82) is 0 Å². The monoisotopic (exact) mass is 407 g/mol. The molecule has 30 heavy (non-hydrogen) atoms. The van der Waals surface area contributed by atoms with Crippen molar-refractivity contribution in [2.24, 2.45) is 0 Å². The fourth-order valence-corrected chi connectivity index (χ4v) is 4.00. The van der Waals surface area contributed by atoms with Crippen LogP contribution in [0, 0.1) is 0 Å². The standard InChI is InChI=1S/C23H25N3O4/c1-3-30-22(27)20-18(14-26-13-12-15-6-4-5-7-19(15)26)24-23(28)25-21(20)16-8-10-17(29-2)11-9-16/h4-11,21H,3,12-14H2,1-2H3,(H2,24,25,28)/t21-/m1/s1. The number of ether oxygens (including phenoxy) is 2. The molecule has 0 saturated carbocycles. The van der Waals surface area contributed by atoms with E-state index in [2.05, 4.69) is 27.7 Å². The first-order valence-corrected chi connectivity index (χ1v) is 10.0. The van der Waals surface area contributed by atoms with E-state index in [0.29, 0.717) is 23.6 Å². The molecule has 156 valence electrons. The fourth-order valence-electron chi connectivity index (χ4n) is 4.00. The van der Waals surface area contributed by atoms with Gasteiger partial charge in [0.05, 0.1) is 37.6 Å². The molecule has 0 fully saturated rings. The molecule has 7 nitrogen and oxygen atoms in total. The number of urea groups is 1. The highest BCUT2D eigenvalue weighted by Gasteiger charge is 2.35. The van der Waals surface area contributed by atoms with E-state index in [0.717, 1.165) is 24.2 Å². The van der Waals surface area contributed by atoms with Gasteiger partial charge < -0.3 is 25.0 Å². The average molecular weight is 407 g/mol. The number of benzene rings is 2. The summed E-state index contributed by atoms with van der Waals surface area (Å²) in [5, 5.41) is 5.71. The third-order valence-electron chi connectivity index (χ3n) is 5.43. The van der Waals surface area contributed by atoms with E-state index < -0.39 is 12.0 Å². The summed E-state index contributed by atoms with van der Waals surface area (Å²) in [6.07, 6.45) is 0.937. The van der Waals surface area contributed by atoms with Gasteiger partial charge in [-0.25, -0.2) is 9.59 Å². The Bertz CT molecular complexity index is 984. The molecular weight excluding hydrogens is 382 g/mol. The Morgan fingerprint density at radius 1 is 1.17 bits per heavy atom. The molecule has 0 unspecified atom stereocenters. The molecule has 0 bridgehead atoms. The maximum atomic E-state index is 12.9. The minimum Gasteiger partial charge on any atom is -0.497 e. The zero-order valence-corrected chi connectivity index (χ0v) is 17.1. The summed E-state index contributed by atoms with van der Waals surface area (Å²) in [6.45, 7) is 3.28. The van der Waals surface area contributed by atoms with E-state index in [-0.39, 0.29) is 12.6 Å². The quantitative estimate of drug-likeness (QED) is 0.720. The van der Waals surface area contributed by atoms with Crippen LogP contribution in [0.4, 0.5) is 10.5 Å². The van der Waals surface area contributed by atoms with E-state index >= 15 is 0 Å². The number of nitrogens with zero attached hydrogens (tertiary/aromatic N) is 1. The smallest absolute Gasteiger partial charge is 0.338 e. The van der Waals surface area contributed by atoms with Gasteiger partial charge in [0.1, 0.15) is 5.75 Å². The number of hydrogen-bond donors (Lipinski definition) is 2. The van der Waals surface area contributed by atoms with Gasteiger partial charge >= 0.3 is 12.0 Å². The van der Waals surface area contributed by atoms with Crippen LogP contribution in [0.2, 0.25) is 0 Å². The van der Waals surface area contributed by atoms with Gasteiger partial charge in [-0.05, 0) is 42.7 Å². The van der Waals surface area contributed by atoms with Crippen LogP contribution in [0.25, 0.3) is 0 Å². The summed E-state index contributed by atoms with van der Waals surface area (Å²) >= 11 is 0. The van der Waals surface area contributed by atoms with E-state index in [1.165, 1.54) is 5.56 Å². The highest BCUT2D eigenvalue weighted by molar-refractivity contribution is 5.95. The van der Waals surface area contributed by atoms with Crippen LogP contribution >= 0.6 is 0 Å². The minimum absolute atomic E-state index is 0.255. The predicted molar refractivity (Wildman–Crippen MR) is 113 cm³/mol. The lowest BCUT2D eigenvalue weighted by Crippen LogP contribution is -2.48. The topological polar surface area (TPSA) is 79.9 Å². The van der Waals surface area contributed by atoms with Crippen LogP contribution < -0.4 is 20.3 Å². The first-order valence-electron chi connectivity index (χ1n) is 10.0. The number of esters is 1. The highest BCUT2D eigenvalue weighted by atomic mass is 16.5. The zero-order chi connectivity index (χ0) is 21.1. The molecule has 0 radical (unpaired) electrons. The largest absolute Gasteiger partial charge is 0.497 e. The molecule has 4 rings (SSSR count). The number of carbonyl (C=O) groups is 2. The van der Waals surface area contributed by atoms with Crippen molar-refractivity contribution in [3.63, 3.8) is 0 Å². The normalized spacial score (nSPS) is 17.9. The molecule has 2 amide bonds. The summed E-state index contributed by atoms with van der Waals surface area (Å²) in [4.78, 5) is 27.6. The zero-order valence-electron chi connectivity index (χ0n) is 17.1. The van der Waals surface area contributed by atoms with Crippen LogP contribution in [0.5, 0.6) is 5.75 Å². The van der Waals surface area contributed by atoms with Crippen LogP contribution in [0.15, 0.2) is 59.8 Å². The van der Waals surface area contributed by atoms with Crippen molar-refractivity contribution in [2.45, 2.75) is 19.4 Å². The van der Waals surface area contributed by atoms with Crippen LogP contribution in [-0.4, -0.2) is 38.8 Å². The van der Waals surface area contributed by atoms with Gasteiger partial charge in [-0.1, -0.05) is 30.3 Å². The molecule has 7 heteroatoms. The molecule has 2 aliphatic heterocycles. The van der Waals surface area contributed by atoms with Gasteiger partial charge in [0, 0.05) is 12.2 Å². The van der Waals surface area contributed by atoms with Gasteiger partial charge in [0.2, 0.25) is 0 Å². The number of rotatable bonds is 6. The van der Waals surface area contributed by atoms with E-state index in [4.69, 9.17) is 9.47 Å². The van der Waals surface area contributed by atoms with Crippen LogP contribution in [0.3, 0.4) is 0 Å². The lowest BCUT2D eigenvalue weighted by molar-refractivity contribution is -0.139. The van der Waals surface area contributed by atoms with Crippen LogP contribution in [0.1, 0.15) is 24.1 Å². The Morgan fingerprint density at radius 3 is 2.67 bits per heavy atom.